The molecule has 1 fully saturated rings. The van der Waals surface area contributed by atoms with Gasteiger partial charge in [0.15, 0.2) is 0 Å². The minimum atomic E-state index is -0.0851. The Bertz CT molecular complexity index is 225. The quantitative estimate of drug-likeness (QED) is 0.593. The molecule has 0 unspecified atom stereocenters. The van der Waals surface area contributed by atoms with Gasteiger partial charge in [-0.1, -0.05) is 5.92 Å². The average molecular weight is 197 g/mol. The van der Waals surface area contributed by atoms with E-state index in [0.717, 1.165) is 13.1 Å². The normalized spacial score (nSPS) is 23.9. The van der Waals surface area contributed by atoms with Gasteiger partial charge in [0.1, 0.15) is 0 Å². The highest BCUT2D eigenvalue weighted by Gasteiger charge is 2.33. The SMILES string of the molecule is C#CC(C)(C)N1CCSC(C)(C)C1. The lowest BCUT2D eigenvalue weighted by Crippen LogP contribution is -2.52. The minimum absolute atomic E-state index is 0.0851. The van der Waals surface area contributed by atoms with Crippen LogP contribution in [0.4, 0.5) is 0 Å². The lowest BCUT2D eigenvalue weighted by atomic mass is 10.0. The van der Waals surface area contributed by atoms with Crippen LogP contribution in [0.2, 0.25) is 0 Å². The largest absolute Gasteiger partial charge is 0.286 e. The molecular formula is C11H19NS. The fourth-order valence-corrected chi connectivity index (χ4v) is 2.70. The van der Waals surface area contributed by atoms with Gasteiger partial charge in [-0.05, 0) is 27.7 Å². The van der Waals surface area contributed by atoms with Crippen LogP contribution in [0.25, 0.3) is 0 Å². The zero-order valence-corrected chi connectivity index (χ0v) is 9.87. The molecule has 0 aromatic carbocycles. The highest BCUT2D eigenvalue weighted by Crippen LogP contribution is 2.32. The first-order chi connectivity index (χ1) is 5.87. The van der Waals surface area contributed by atoms with E-state index in [1.807, 2.05) is 11.8 Å². The van der Waals surface area contributed by atoms with Crippen molar-refractivity contribution in [3.8, 4) is 12.3 Å². The van der Waals surface area contributed by atoms with Gasteiger partial charge in [0.05, 0.1) is 5.54 Å². The Morgan fingerprint density at radius 1 is 1.46 bits per heavy atom. The van der Waals surface area contributed by atoms with Gasteiger partial charge in [0, 0.05) is 23.6 Å². The Labute approximate surface area is 86.3 Å². The van der Waals surface area contributed by atoms with Crippen LogP contribution in [-0.4, -0.2) is 34.0 Å². The van der Waals surface area contributed by atoms with Gasteiger partial charge < -0.3 is 0 Å². The molecule has 0 N–H and O–H groups in total. The van der Waals surface area contributed by atoms with Crippen LogP contribution >= 0.6 is 11.8 Å². The van der Waals surface area contributed by atoms with E-state index in [1.165, 1.54) is 5.75 Å². The standard InChI is InChI=1S/C11H19NS/c1-6-10(2,3)12-7-8-13-11(4,5)9-12/h1H,7-9H2,2-5H3. The molecule has 1 nitrogen and oxygen atoms in total. The third-order valence-electron chi connectivity index (χ3n) is 2.57. The molecule has 0 saturated carbocycles. The van der Waals surface area contributed by atoms with Crippen molar-refractivity contribution in [1.29, 1.82) is 0 Å². The summed E-state index contributed by atoms with van der Waals surface area (Å²) >= 11 is 2.04. The molecule has 0 aromatic rings. The van der Waals surface area contributed by atoms with Crippen LogP contribution in [-0.2, 0) is 0 Å². The summed E-state index contributed by atoms with van der Waals surface area (Å²) in [6.45, 7) is 11.0. The number of hydrogen-bond acceptors (Lipinski definition) is 2. The van der Waals surface area contributed by atoms with Crippen molar-refractivity contribution in [3.05, 3.63) is 0 Å². The summed E-state index contributed by atoms with van der Waals surface area (Å²) in [4.78, 5) is 2.41. The van der Waals surface area contributed by atoms with Crippen molar-refractivity contribution in [2.45, 2.75) is 38.0 Å². The van der Waals surface area contributed by atoms with Crippen molar-refractivity contribution in [1.82, 2.24) is 4.90 Å². The molecule has 1 rings (SSSR count). The third kappa shape index (κ3) is 2.65. The van der Waals surface area contributed by atoms with Crippen molar-refractivity contribution in [2.75, 3.05) is 18.8 Å². The summed E-state index contributed by atoms with van der Waals surface area (Å²) in [6.07, 6.45) is 5.53. The molecule has 0 aliphatic carbocycles. The summed E-state index contributed by atoms with van der Waals surface area (Å²) in [5.41, 5.74) is -0.0851. The first-order valence-electron chi connectivity index (χ1n) is 4.74. The number of terminal acetylenes is 1. The van der Waals surface area contributed by atoms with Gasteiger partial charge in [0.25, 0.3) is 0 Å². The molecule has 1 aliphatic rings. The monoisotopic (exact) mass is 197 g/mol. The Morgan fingerprint density at radius 2 is 2.08 bits per heavy atom. The minimum Gasteiger partial charge on any atom is -0.286 e. The molecule has 13 heavy (non-hydrogen) atoms. The predicted octanol–water partition coefficient (Wildman–Crippen LogP) is 2.23. The van der Waals surface area contributed by atoms with Crippen LogP contribution in [0.5, 0.6) is 0 Å². The Balaban J connectivity index is 2.68. The Morgan fingerprint density at radius 3 is 2.54 bits per heavy atom. The van der Waals surface area contributed by atoms with Gasteiger partial charge in [-0.15, -0.1) is 6.42 Å². The van der Waals surface area contributed by atoms with E-state index in [9.17, 15) is 0 Å². The first kappa shape index (κ1) is 10.9. The first-order valence-corrected chi connectivity index (χ1v) is 5.73. The van der Waals surface area contributed by atoms with Gasteiger partial charge in [-0.2, -0.15) is 11.8 Å². The number of rotatable bonds is 1. The van der Waals surface area contributed by atoms with Crippen molar-refractivity contribution in [2.24, 2.45) is 0 Å². The van der Waals surface area contributed by atoms with E-state index in [2.05, 4.69) is 38.5 Å². The van der Waals surface area contributed by atoms with E-state index in [0.29, 0.717) is 4.75 Å². The molecule has 0 atom stereocenters. The van der Waals surface area contributed by atoms with E-state index in [1.54, 1.807) is 0 Å². The van der Waals surface area contributed by atoms with Gasteiger partial charge in [-0.3, -0.25) is 4.90 Å². The van der Waals surface area contributed by atoms with Gasteiger partial charge >= 0.3 is 0 Å². The maximum Gasteiger partial charge on any atom is 0.0766 e. The molecule has 2 heteroatoms. The second kappa shape index (κ2) is 3.55. The van der Waals surface area contributed by atoms with Crippen LogP contribution in [0.1, 0.15) is 27.7 Å². The lowest BCUT2D eigenvalue weighted by molar-refractivity contribution is 0.162. The van der Waals surface area contributed by atoms with Crippen molar-refractivity contribution in [3.63, 3.8) is 0 Å². The highest BCUT2D eigenvalue weighted by molar-refractivity contribution is 8.00. The molecule has 1 aliphatic heterocycles. The summed E-state index contributed by atoms with van der Waals surface area (Å²) < 4.78 is 0.354. The zero-order chi connectivity index (χ0) is 10.1. The van der Waals surface area contributed by atoms with E-state index in [-0.39, 0.29) is 5.54 Å². The number of thioether (sulfide) groups is 1. The second-order valence-electron chi connectivity index (χ2n) is 4.73. The smallest absolute Gasteiger partial charge is 0.0766 e. The van der Waals surface area contributed by atoms with Crippen LogP contribution < -0.4 is 0 Å². The molecule has 74 valence electrons. The van der Waals surface area contributed by atoms with Gasteiger partial charge in [0.2, 0.25) is 0 Å². The summed E-state index contributed by atoms with van der Waals surface area (Å²) in [5.74, 6) is 4.06. The van der Waals surface area contributed by atoms with Crippen LogP contribution in [0, 0.1) is 12.3 Å². The maximum absolute atomic E-state index is 5.53. The molecule has 0 bridgehead atoms. The highest BCUT2D eigenvalue weighted by atomic mass is 32.2. The fourth-order valence-electron chi connectivity index (χ4n) is 1.58. The van der Waals surface area contributed by atoms with Crippen molar-refractivity contribution < 1.29 is 0 Å². The third-order valence-corrected chi connectivity index (χ3v) is 3.87. The maximum atomic E-state index is 5.53. The topological polar surface area (TPSA) is 3.24 Å². The molecule has 0 aromatic heterocycles. The summed E-state index contributed by atoms with van der Waals surface area (Å²) in [5, 5.41) is 0. The molecule has 0 spiro atoms. The fraction of sp³-hybridized carbons (Fsp3) is 0.818. The van der Waals surface area contributed by atoms with Crippen LogP contribution in [0.15, 0.2) is 0 Å². The van der Waals surface area contributed by atoms with Crippen LogP contribution in [0.3, 0.4) is 0 Å². The Kier molecular flexibility index (Phi) is 2.99. The molecule has 0 amide bonds. The number of nitrogens with zero attached hydrogens (tertiary/aromatic N) is 1. The average Bonchev–Trinajstić information content (AvgIpc) is 2.03. The van der Waals surface area contributed by atoms with E-state index < -0.39 is 0 Å². The second-order valence-corrected chi connectivity index (χ2v) is 6.54. The van der Waals surface area contributed by atoms with Crippen molar-refractivity contribution >= 4 is 11.8 Å². The summed E-state index contributed by atoms with van der Waals surface area (Å²) in [7, 11) is 0. The predicted molar refractivity (Wildman–Crippen MR) is 61.0 cm³/mol. The van der Waals surface area contributed by atoms with Gasteiger partial charge in [-0.25, -0.2) is 0 Å². The zero-order valence-electron chi connectivity index (χ0n) is 9.05. The summed E-state index contributed by atoms with van der Waals surface area (Å²) in [6, 6.07) is 0. The van der Waals surface area contributed by atoms with E-state index in [4.69, 9.17) is 6.42 Å². The van der Waals surface area contributed by atoms with E-state index >= 15 is 0 Å². The molecular weight excluding hydrogens is 178 g/mol. The number of hydrogen-bond donors (Lipinski definition) is 0. The lowest BCUT2D eigenvalue weighted by Gasteiger charge is -2.43. The molecule has 0 radical (unpaired) electrons. The Hall–Kier alpha value is -0.130. The molecule has 1 saturated heterocycles. The molecule has 1 heterocycles.